The summed E-state index contributed by atoms with van der Waals surface area (Å²) in [6.45, 7) is 11.0. The van der Waals surface area contributed by atoms with Crippen LogP contribution in [0, 0.1) is 18.3 Å². The molecular formula is C17H25NO2. The SMILES string of the molecule is Cc1cc(N2CCC(C(C)(C)C)CC2)ccc1C(=O)O. The molecule has 0 atom stereocenters. The standard InChI is InChI=1S/C17H25NO2/c1-12-11-14(5-6-15(12)16(19)20)18-9-7-13(8-10-18)17(2,3)4/h5-6,11,13H,7-10H2,1-4H3,(H,19,20). The van der Waals surface area contributed by atoms with Crippen molar-refractivity contribution in [2.75, 3.05) is 18.0 Å². The molecule has 20 heavy (non-hydrogen) atoms. The van der Waals surface area contributed by atoms with E-state index in [1.54, 1.807) is 6.07 Å². The van der Waals surface area contributed by atoms with Crippen molar-refractivity contribution in [1.82, 2.24) is 0 Å². The van der Waals surface area contributed by atoms with E-state index in [4.69, 9.17) is 5.11 Å². The van der Waals surface area contributed by atoms with Crippen molar-refractivity contribution in [2.24, 2.45) is 11.3 Å². The van der Waals surface area contributed by atoms with Gasteiger partial charge in [0.25, 0.3) is 0 Å². The van der Waals surface area contributed by atoms with Crippen LogP contribution in [-0.2, 0) is 0 Å². The van der Waals surface area contributed by atoms with Gasteiger partial charge in [-0.05, 0) is 54.9 Å². The van der Waals surface area contributed by atoms with Crippen molar-refractivity contribution in [1.29, 1.82) is 0 Å². The Kier molecular flexibility index (Phi) is 4.07. The molecule has 1 fully saturated rings. The first-order chi connectivity index (χ1) is 9.29. The number of carboxylic acids is 1. The number of aromatic carboxylic acids is 1. The second-order valence-electron chi connectivity index (χ2n) is 6.93. The number of aryl methyl sites for hydroxylation is 1. The van der Waals surface area contributed by atoms with Crippen molar-refractivity contribution in [3.05, 3.63) is 29.3 Å². The Balaban J connectivity index is 2.08. The zero-order chi connectivity index (χ0) is 14.9. The van der Waals surface area contributed by atoms with Crippen LogP contribution in [0.4, 0.5) is 5.69 Å². The first-order valence-corrected chi connectivity index (χ1v) is 7.38. The van der Waals surface area contributed by atoms with Gasteiger partial charge in [-0.15, -0.1) is 0 Å². The maximum atomic E-state index is 11.0. The third-order valence-electron chi connectivity index (χ3n) is 4.53. The fraction of sp³-hybridized carbons (Fsp3) is 0.588. The van der Waals surface area contributed by atoms with Crippen LogP contribution in [0.3, 0.4) is 0 Å². The predicted octanol–water partition coefficient (Wildman–Crippen LogP) is 3.96. The number of carboxylic acid groups (broad SMARTS) is 1. The van der Waals surface area contributed by atoms with Crippen LogP contribution in [-0.4, -0.2) is 24.2 Å². The third kappa shape index (κ3) is 3.14. The molecule has 110 valence electrons. The highest BCUT2D eigenvalue weighted by atomic mass is 16.4. The second-order valence-corrected chi connectivity index (χ2v) is 6.93. The number of anilines is 1. The van der Waals surface area contributed by atoms with Gasteiger partial charge in [-0.25, -0.2) is 4.79 Å². The van der Waals surface area contributed by atoms with Crippen LogP contribution < -0.4 is 4.90 Å². The maximum Gasteiger partial charge on any atom is 0.335 e. The van der Waals surface area contributed by atoms with Crippen molar-refractivity contribution >= 4 is 11.7 Å². The summed E-state index contributed by atoms with van der Waals surface area (Å²) in [5.74, 6) is -0.0707. The van der Waals surface area contributed by atoms with E-state index in [9.17, 15) is 4.79 Å². The Morgan fingerprint density at radius 2 is 1.85 bits per heavy atom. The largest absolute Gasteiger partial charge is 0.478 e. The number of benzene rings is 1. The summed E-state index contributed by atoms with van der Waals surface area (Å²) in [6.07, 6.45) is 2.42. The van der Waals surface area contributed by atoms with E-state index in [0.29, 0.717) is 11.0 Å². The molecule has 0 bridgehead atoms. The van der Waals surface area contributed by atoms with Gasteiger partial charge in [0.15, 0.2) is 0 Å². The monoisotopic (exact) mass is 275 g/mol. The molecule has 1 aliphatic heterocycles. The van der Waals surface area contributed by atoms with Gasteiger partial charge in [0.05, 0.1) is 5.56 Å². The van der Waals surface area contributed by atoms with Gasteiger partial charge in [0.2, 0.25) is 0 Å². The fourth-order valence-electron chi connectivity index (χ4n) is 3.09. The Bertz CT molecular complexity index is 494. The Hall–Kier alpha value is -1.51. The first kappa shape index (κ1) is 14.9. The van der Waals surface area contributed by atoms with Crippen LogP contribution in [0.2, 0.25) is 0 Å². The number of hydrogen-bond acceptors (Lipinski definition) is 2. The molecule has 0 saturated carbocycles. The molecule has 1 saturated heterocycles. The van der Waals surface area contributed by atoms with Crippen LogP contribution >= 0.6 is 0 Å². The average molecular weight is 275 g/mol. The fourth-order valence-corrected chi connectivity index (χ4v) is 3.09. The molecule has 3 heteroatoms. The zero-order valence-electron chi connectivity index (χ0n) is 12.9. The van der Waals surface area contributed by atoms with E-state index in [0.717, 1.165) is 30.3 Å². The lowest BCUT2D eigenvalue weighted by molar-refractivity contribution is 0.0696. The van der Waals surface area contributed by atoms with Crippen molar-refractivity contribution in [3.63, 3.8) is 0 Å². The molecule has 0 amide bonds. The topological polar surface area (TPSA) is 40.5 Å². The number of piperidine rings is 1. The molecule has 1 aromatic carbocycles. The van der Waals surface area contributed by atoms with E-state index in [1.807, 2.05) is 19.1 Å². The molecule has 3 nitrogen and oxygen atoms in total. The Morgan fingerprint density at radius 3 is 2.30 bits per heavy atom. The maximum absolute atomic E-state index is 11.0. The Labute approximate surface area is 121 Å². The number of carbonyl (C=O) groups is 1. The number of nitrogens with zero attached hydrogens (tertiary/aromatic N) is 1. The van der Waals surface area contributed by atoms with Gasteiger partial charge in [-0.2, -0.15) is 0 Å². The van der Waals surface area contributed by atoms with Crippen molar-refractivity contribution < 1.29 is 9.90 Å². The van der Waals surface area contributed by atoms with Crippen LogP contribution in [0.5, 0.6) is 0 Å². The molecule has 2 rings (SSSR count). The third-order valence-corrected chi connectivity index (χ3v) is 4.53. The normalized spacial score (nSPS) is 17.3. The van der Waals surface area contributed by atoms with Crippen LogP contribution in [0.1, 0.15) is 49.5 Å². The van der Waals surface area contributed by atoms with Crippen molar-refractivity contribution in [3.8, 4) is 0 Å². The highest BCUT2D eigenvalue weighted by Gasteiger charge is 2.28. The molecule has 1 aliphatic rings. The summed E-state index contributed by atoms with van der Waals surface area (Å²) in [6, 6.07) is 5.66. The quantitative estimate of drug-likeness (QED) is 0.888. The molecule has 1 aromatic rings. The molecule has 0 radical (unpaired) electrons. The van der Waals surface area contributed by atoms with Gasteiger partial charge in [-0.3, -0.25) is 0 Å². The van der Waals surface area contributed by atoms with Gasteiger partial charge in [-0.1, -0.05) is 20.8 Å². The number of rotatable bonds is 2. The molecule has 0 aromatic heterocycles. The summed E-state index contributed by atoms with van der Waals surface area (Å²) in [4.78, 5) is 13.4. The lowest BCUT2D eigenvalue weighted by Gasteiger charge is -2.39. The molecule has 1 heterocycles. The highest BCUT2D eigenvalue weighted by Crippen LogP contribution is 2.35. The van der Waals surface area contributed by atoms with E-state index < -0.39 is 5.97 Å². The molecule has 0 spiro atoms. The molecular weight excluding hydrogens is 250 g/mol. The first-order valence-electron chi connectivity index (χ1n) is 7.38. The van der Waals surface area contributed by atoms with E-state index in [1.165, 1.54) is 12.8 Å². The highest BCUT2D eigenvalue weighted by molar-refractivity contribution is 5.89. The minimum absolute atomic E-state index is 0.384. The lowest BCUT2D eigenvalue weighted by atomic mass is 9.75. The molecule has 1 N–H and O–H groups in total. The second kappa shape index (κ2) is 5.47. The summed E-state index contributed by atoms with van der Waals surface area (Å²) in [5, 5.41) is 9.08. The van der Waals surface area contributed by atoms with Gasteiger partial charge < -0.3 is 10.0 Å². The van der Waals surface area contributed by atoms with E-state index in [-0.39, 0.29) is 0 Å². The average Bonchev–Trinajstić information content (AvgIpc) is 2.37. The van der Waals surface area contributed by atoms with Crippen LogP contribution in [0.15, 0.2) is 18.2 Å². The van der Waals surface area contributed by atoms with Gasteiger partial charge >= 0.3 is 5.97 Å². The predicted molar refractivity (Wildman–Crippen MR) is 82.5 cm³/mol. The van der Waals surface area contributed by atoms with Crippen LogP contribution in [0.25, 0.3) is 0 Å². The summed E-state index contributed by atoms with van der Waals surface area (Å²) in [7, 11) is 0. The zero-order valence-corrected chi connectivity index (χ0v) is 12.9. The minimum Gasteiger partial charge on any atom is -0.478 e. The smallest absolute Gasteiger partial charge is 0.335 e. The molecule has 0 aliphatic carbocycles. The van der Waals surface area contributed by atoms with Gasteiger partial charge in [0.1, 0.15) is 0 Å². The Morgan fingerprint density at radius 1 is 1.25 bits per heavy atom. The number of hydrogen-bond donors (Lipinski definition) is 1. The lowest BCUT2D eigenvalue weighted by Crippen LogP contribution is -2.38. The van der Waals surface area contributed by atoms with E-state index in [2.05, 4.69) is 25.7 Å². The summed E-state index contributed by atoms with van der Waals surface area (Å²) >= 11 is 0. The molecule has 0 unspecified atom stereocenters. The summed E-state index contributed by atoms with van der Waals surface area (Å²) in [5.41, 5.74) is 2.78. The van der Waals surface area contributed by atoms with E-state index >= 15 is 0 Å². The van der Waals surface area contributed by atoms with Crippen molar-refractivity contribution in [2.45, 2.75) is 40.5 Å². The summed E-state index contributed by atoms with van der Waals surface area (Å²) < 4.78 is 0. The minimum atomic E-state index is -0.847. The van der Waals surface area contributed by atoms with Gasteiger partial charge in [0, 0.05) is 18.8 Å².